The predicted octanol–water partition coefficient (Wildman–Crippen LogP) is 3.32. The second kappa shape index (κ2) is 4.99. The Morgan fingerprint density at radius 3 is 2.58 bits per heavy atom. The summed E-state index contributed by atoms with van der Waals surface area (Å²) in [4.78, 5) is 2.81. The first-order chi connectivity index (χ1) is 11.3. The number of likely N-dealkylation sites (N-methyl/N-ethyl adjacent to an activating group) is 1. The van der Waals surface area contributed by atoms with Crippen molar-refractivity contribution < 1.29 is 8.42 Å². The zero-order valence-electron chi connectivity index (χ0n) is 14.3. The summed E-state index contributed by atoms with van der Waals surface area (Å²) >= 11 is 0. The van der Waals surface area contributed by atoms with E-state index in [1.807, 2.05) is 12.1 Å². The first-order valence-electron chi connectivity index (χ1n) is 8.26. The van der Waals surface area contributed by atoms with E-state index in [9.17, 15) is 8.42 Å². The van der Waals surface area contributed by atoms with E-state index in [-0.39, 0.29) is 11.3 Å². The molecule has 4 rings (SSSR count). The molecule has 0 atom stereocenters. The van der Waals surface area contributed by atoms with Crippen molar-refractivity contribution in [2.45, 2.75) is 30.7 Å². The molecular formula is C19H22N2O2S. The number of nitrogens with one attached hydrogen (secondary N) is 1. The predicted molar refractivity (Wildman–Crippen MR) is 98.6 cm³/mol. The number of nitrogens with zero attached hydrogens (tertiary/aromatic N) is 1. The lowest BCUT2D eigenvalue weighted by atomic mass is 9.96. The van der Waals surface area contributed by atoms with E-state index in [1.165, 1.54) is 5.69 Å². The summed E-state index contributed by atoms with van der Waals surface area (Å²) in [6, 6.07) is 12.1. The van der Waals surface area contributed by atoms with Crippen molar-refractivity contribution >= 4 is 21.2 Å². The summed E-state index contributed by atoms with van der Waals surface area (Å²) in [5, 5.41) is 3.52. The molecule has 0 amide bonds. The van der Waals surface area contributed by atoms with Crippen LogP contribution in [0.2, 0.25) is 0 Å². The van der Waals surface area contributed by atoms with E-state index in [1.54, 1.807) is 6.07 Å². The lowest BCUT2D eigenvalue weighted by molar-refractivity contribution is 0.503. The van der Waals surface area contributed by atoms with Gasteiger partial charge in [0.25, 0.3) is 0 Å². The van der Waals surface area contributed by atoms with Gasteiger partial charge in [0.05, 0.1) is 27.6 Å². The minimum atomic E-state index is -3.06. The van der Waals surface area contributed by atoms with Crippen LogP contribution in [0.3, 0.4) is 0 Å². The van der Waals surface area contributed by atoms with Crippen molar-refractivity contribution in [3.63, 3.8) is 0 Å². The molecule has 0 radical (unpaired) electrons. The summed E-state index contributed by atoms with van der Waals surface area (Å²) in [6.07, 6.45) is 0.617. The van der Waals surface area contributed by atoms with Gasteiger partial charge < -0.3 is 10.2 Å². The second-order valence-corrected chi connectivity index (χ2v) is 9.43. The van der Waals surface area contributed by atoms with Crippen LogP contribution < -0.4 is 10.2 Å². The summed E-state index contributed by atoms with van der Waals surface area (Å²) in [7, 11) is -0.934. The third-order valence-corrected chi connectivity index (χ3v) is 7.16. The molecule has 0 bridgehead atoms. The Morgan fingerprint density at radius 1 is 1.08 bits per heavy atom. The molecule has 2 aromatic rings. The van der Waals surface area contributed by atoms with Gasteiger partial charge in [-0.05, 0) is 61.2 Å². The molecule has 0 saturated carbocycles. The normalized spacial score (nSPS) is 20.2. The molecule has 126 valence electrons. The third-order valence-electron chi connectivity index (χ3n) is 5.35. The topological polar surface area (TPSA) is 49.4 Å². The van der Waals surface area contributed by atoms with Crippen LogP contribution in [-0.4, -0.2) is 33.3 Å². The Kier molecular flexibility index (Phi) is 3.23. The summed E-state index contributed by atoms with van der Waals surface area (Å²) in [5.74, 6) is 0.234. The molecule has 5 heteroatoms. The van der Waals surface area contributed by atoms with Crippen molar-refractivity contribution in [1.29, 1.82) is 0 Å². The number of aryl methyl sites for hydroxylation is 1. The van der Waals surface area contributed by atoms with Gasteiger partial charge in [0.15, 0.2) is 9.84 Å². The second-order valence-electron chi connectivity index (χ2n) is 7.35. The maximum absolute atomic E-state index is 12.0. The molecule has 1 N–H and O–H groups in total. The summed E-state index contributed by atoms with van der Waals surface area (Å²) < 4.78 is 23.9. The Balaban J connectivity index is 1.75. The molecule has 0 saturated heterocycles. The number of anilines is 2. The average molecular weight is 342 g/mol. The SMILES string of the molecule is CN1c2ccc(-c3ccc4c(c3)CCS4(=O)=O)cc2NCC1(C)C. The Bertz CT molecular complexity index is 932. The van der Waals surface area contributed by atoms with E-state index in [0.29, 0.717) is 11.3 Å². The molecule has 2 aromatic carbocycles. The van der Waals surface area contributed by atoms with Crippen LogP contribution in [0.1, 0.15) is 19.4 Å². The minimum Gasteiger partial charge on any atom is -0.381 e. The molecule has 0 unspecified atom stereocenters. The standard InChI is InChI=1S/C19H22N2O2S/c1-19(2)12-20-16-11-14(4-6-17(16)21(19)3)13-5-7-18-15(10-13)8-9-24(18,22)23/h4-7,10-11,20H,8-9,12H2,1-3H3. The van der Waals surface area contributed by atoms with Gasteiger partial charge in [0, 0.05) is 13.6 Å². The molecule has 2 aliphatic heterocycles. The number of hydrogen-bond acceptors (Lipinski definition) is 4. The maximum atomic E-state index is 12.0. The highest BCUT2D eigenvalue weighted by atomic mass is 32.2. The maximum Gasteiger partial charge on any atom is 0.178 e. The van der Waals surface area contributed by atoms with Gasteiger partial charge in [-0.3, -0.25) is 0 Å². The van der Waals surface area contributed by atoms with E-state index in [0.717, 1.165) is 28.9 Å². The molecule has 2 aliphatic rings. The third kappa shape index (κ3) is 2.30. The van der Waals surface area contributed by atoms with E-state index < -0.39 is 9.84 Å². The van der Waals surface area contributed by atoms with Gasteiger partial charge in [-0.15, -0.1) is 0 Å². The Hall–Kier alpha value is -2.01. The number of sulfone groups is 1. The van der Waals surface area contributed by atoms with Crippen LogP contribution in [-0.2, 0) is 16.3 Å². The van der Waals surface area contributed by atoms with Crippen LogP contribution in [0.5, 0.6) is 0 Å². The lowest BCUT2D eigenvalue weighted by Gasteiger charge is -2.43. The van der Waals surface area contributed by atoms with Crippen LogP contribution in [0.15, 0.2) is 41.3 Å². The van der Waals surface area contributed by atoms with Crippen molar-refractivity contribution in [3.05, 3.63) is 42.0 Å². The van der Waals surface area contributed by atoms with Crippen LogP contribution in [0.25, 0.3) is 11.1 Å². The zero-order valence-corrected chi connectivity index (χ0v) is 15.1. The molecule has 2 heterocycles. The Labute approximate surface area is 143 Å². The van der Waals surface area contributed by atoms with Gasteiger partial charge in [0.2, 0.25) is 0 Å². The molecule has 0 aromatic heterocycles. The van der Waals surface area contributed by atoms with Gasteiger partial charge in [0.1, 0.15) is 0 Å². The van der Waals surface area contributed by atoms with Crippen LogP contribution in [0, 0.1) is 0 Å². The number of rotatable bonds is 1. The first kappa shape index (κ1) is 15.5. The van der Waals surface area contributed by atoms with Gasteiger partial charge in [-0.2, -0.15) is 0 Å². The zero-order chi connectivity index (χ0) is 17.1. The van der Waals surface area contributed by atoms with Gasteiger partial charge >= 0.3 is 0 Å². The minimum absolute atomic E-state index is 0.0798. The van der Waals surface area contributed by atoms with E-state index in [2.05, 4.69) is 49.3 Å². The van der Waals surface area contributed by atoms with Crippen LogP contribution >= 0.6 is 0 Å². The van der Waals surface area contributed by atoms with Crippen molar-refractivity contribution in [2.75, 3.05) is 29.6 Å². The first-order valence-corrected chi connectivity index (χ1v) is 9.91. The highest BCUT2D eigenvalue weighted by molar-refractivity contribution is 7.91. The quantitative estimate of drug-likeness (QED) is 0.864. The van der Waals surface area contributed by atoms with Crippen LogP contribution in [0.4, 0.5) is 11.4 Å². The van der Waals surface area contributed by atoms with Gasteiger partial charge in [-0.1, -0.05) is 12.1 Å². The smallest absolute Gasteiger partial charge is 0.178 e. The highest BCUT2D eigenvalue weighted by Crippen LogP contribution is 2.38. The summed E-state index contributed by atoms with van der Waals surface area (Å²) in [6.45, 7) is 5.33. The fourth-order valence-corrected chi connectivity index (χ4v) is 5.06. The van der Waals surface area contributed by atoms with Crippen molar-refractivity contribution in [3.8, 4) is 11.1 Å². The number of fused-ring (bicyclic) bond motifs is 2. The lowest BCUT2D eigenvalue weighted by Crippen LogP contribution is -2.49. The largest absolute Gasteiger partial charge is 0.381 e. The molecule has 0 spiro atoms. The molecule has 0 aliphatic carbocycles. The van der Waals surface area contributed by atoms with E-state index >= 15 is 0 Å². The highest BCUT2D eigenvalue weighted by Gasteiger charge is 2.30. The molecule has 4 nitrogen and oxygen atoms in total. The Morgan fingerprint density at radius 2 is 1.79 bits per heavy atom. The van der Waals surface area contributed by atoms with E-state index in [4.69, 9.17) is 0 Å². The number of hydrogen-bond donors (Lipinski definition) is 1. The number of benzene rings is 2. The fourth-order valence-electron chi connectivity index (χ4n) is 3.52. The van der Waals surface area contributed by atoms with Gasteiger partial charge in [-0.25, -0.2) is 8.42 Å². The molecule has 0 fully saturated rings. The van der Waals surface area contributed by atoms with Crippen molar-refractivity contribution in [1.82, 2.24) is 0 Å². The van der Waals surface area contributed by atoms with Crippen molar-refractivity contribution in [2.24, 2.45) is 0 Å². The average Bonchev–Trinajstić information content (AvgIpc) is 2.86. The molecule has 24 heavy (non-hydrogen) atoms. The fraction of sp³-hybridized carbons (Fsp3) is 0.368. The monoisotopic (exact) mass is 342 g/mol. The molecular weight excluding hydrogens is 320 g/mol. The summed E-state index contributed by atoms with van der Waals surface area (Å²) in [5.41, 5.74) is 5.53.